The van der Waals surface area contributed by atoms with E-state index in [0.29, 0.717) is 19.3 Å². The van der Waals surface area contributed by atoms with Crippen LogP contribution >= 0.6 is 0 Å². The Morgan fingerprint density at radius 1 is 0.276 bits per heavy atom. The highest BCUT2D eigenvalue weighted by atomic mass is 16.6. The molecule has 0 bridgehead atoms. The van der Waals surface area contributed by atoms with Crippen molar-refractivity contribution in [1.82, 2.24) is 0 Å². The van der Waals surface area contributed by atoms with Gasteiger partial charge in [-0.15, -0.1) is 0 Å². The van der Waals surface area contributed by atoms with E-state index in [-0.39, 0.29) is 44.0 Å². The van der Waals surface area contributed by atoms with E-state index < -0.39 is 6.10 Å². The fraction of sp³-hybridized carbons (Fsp3) is 0.529. The molecule has 0 fully saturated rings. The summed E-state index contributed by atoms with van der Waals surface area (Å²) in [7, 11) is 0. The first-order chi connectivity index (χ1) is 37.5. The van der Waals surface area contributed by atoms with Gasteiger partial charge < -0.3 is 14.2 Å². The van der Waals surface area contributed by atoms with Gasteiger partial charge >= 0.3 is 17.9 Å². The fourth-order valence-electron chi connectivity index (χ4n) is 7.23. The maximum Gasteiger partial charge on any atom is 0.306 e. The Labute approximate surface area is 465 Å². The van der Waals surface area contributed by atoms with E-state index in [0.717, 1.165) is 154 Å². The van der Waals surface area contributed by atoms with Crippen molar-refractivity contribution < 1.29 is 28.6 Å². The van der Waals surface area contributed by atoms with Gasteiger partial charge in [0.2, 0.25) is 0 Å². The van der Waals surface area contributed by atoms with E-state index >= 15 is 0 Å². The molecule has 76 heavy (non-hydrogen) atoms. The minimum atomic E-state index is -0.830. The van der Waals surface area contributed by atoms with Crippen LogP contribution in [0, 0.1) is 0 Å². The molecule has 1 atom stereocenters. The molecular weight excluding hydrogens is 937 g/mol. The van der Waals surface area contributed by atoms with Crippen molar-refractivity contribution in [3.63, 3.8) is 0 Å². The smallest absolute Gasteiger partial charge is 0.306 e. The van der Waals surface area contributed by atoms with Gasteiger partial charge in [0.15, 0.2) is 6.10 Å². The van der Waals surface area contributed by atoms with E-state index in [1.54, 1.807) is 0 Å². The topological polar surface area (TPSA) is 78.9 Å². The molecule has 0 aromatic heterocycles. The molecule has 0 saturated heterocycles. The van der Waals surface area contributed by atoms with Crippen LogP contribution in [0.2, 0.25) is 0 Å². The van der Waals surface area contributed by atoms with Crippen molar-refractivity contribution in [1.29, 1.82) is 0 Å². The third-order valence-electron chi connectivity index (χ3n) is 11.6. The second-order valence-electron chi connectivity index (χ2n) is 18.8. The van der Waals surface area contributed by atoms with Gasteiger partial charge in [0.1, 0.15) is 13.2 Å². The number of carbonyl (C=O) groups is 3. The van der Waals surface area contributed by atoms with E-state index in [1.807, 2.05) is 0 Å². The number of hydrogen-bond donors (Lipinski definition) is 0. The molecule has 422 valence electrons. The molecule has 0 rings (SSSR count). The van der Waals surface area contributed by atoms with Crippen LogP contribution in [0.1, 0.15) is 220 Å². The van der Waals surface area contributed by atoms with Crippen LogP contribution in [-0.2, 0) is 28.6 Å². The molecule has 0 heterocycles. The summed E-state index contributed by atoms with van der Waals surface area (Å²) in [6, 6.07) is 0. The average Bonchev–Trinajstić information content (AvgIpc) is 3.42. The molecule has 0 amide bonds. The SMILES string of the molecule is CC/C=C\C/C=C\C/C=C\C/C=C\C/C=C\C/C=C\C/C=C\C/C=C\C/C=C\C/C=C\CCCCC(=O)OCC(COC(=O)CCCCCCC/C=C\CCC)OC(=O)CCCC/C=C\C/C=C\C/C=C\C/C=C\CC. The molecule has 0 aliphatic carbocycles. The number of ether oxygens (including phenoxy) is 3. The van der Waals surface area contributed by atoms with Gasteiger partial charge in [-0.1, -0.05) is 229 Å². The summed E-state index contributed by atoms with van der Waals surface area (Å²) in [5.74, 6) is -1.03. The average molecular weight is 1040 g/mol. The largest absolute Gasteiger partial charge is 0.462 e. The Morgan fingerprint density at radius 2 is 0.513 bits per heavy atom. The molecule has 0 saturated carbocycles. The zero-order chi connectivity index (χ0) is 55.0. The van der Waals surface area contributed by atoms with Crippen molar-refractivity contribution in [2.24, 2.45) is 0 Å². The van der Waals surface area contributed by atoms with E-state index in [4.69, 9.17) is 14.2 Å². The van der Waals surface area contributed by atoms with Gasteiger partial charge in [0.25, 0.3) is 0 Å². The van der Waals surface area contributed by atoms with Crippen molar-refractivity contribution in [3.8, 4) is 0 Å². The lowest BCUT2D eigenvalue weighted by molar-refractivity contribution is -0.167. The number of rotatable bonds is 51. The lowest BCUT2D eigenvalue weighted by Crippen LogP contribution is -2.30. The monoisotopic (exact) mass is 1040 g/mol. The standard InChI is InChI=1S/C70H106O6/c1-4-7-10-13-16-19-22-24-26-27-28-29-30-31-32-33-34-35-36-37-38-39-40-41-42-43-45-46-48-51-54-57-60-63-69(72)75-66-67(65-74-68(71)62-59-56-53-50-21-18-15-12-9-6-3)76-70(73)64-61-58-55-52-49-47-44-25-23-20-17-14-11-8-5-2/h7-8,10-12,15-17,19-20,24-26,28-29,31-32,34-35,37-38,40-41,43-45,48-49,51-52,67H,4-6,9,13-14,18,21-23,27,30,33,36,39,42,46-47,50,53-66H2,1-3H3/b10-7-,11-8-,15-12-,19-16-,20-17-,26-24-,29-28-,32-31-,35-34-,38-37-,41-40-,44-25-,45-43-,51-48-,52-49-. The van der Waals surface area contributed by atoms with Crippen molar-refractivity contribution in [2.45, 2.75) is 226 Å². The first kappa shape index (κ1) is 70.5. The minimum Gasteiger partial charge on any atom is -0.462 e. The number of hydrogen-bond acceptors (Lipinski definition) is 6. The summed E-state index contributed by atoms with van der Waals surface area (Å²) in [5.41, 5.74) is 0. The lowest BCUT2D eigenvalue weighted by Gasteiger charge is -2.18. The second kappa shape index (κ2) is 62.1. The first-order valence-electron chi connectivity index (χ1n) is 29.8. The summed E-state index contributed by atoms with van der Waals surface area (Å²) in [6.07, 6.45) is 93.4. The van der Waals surface area contributed by atoms with Gasteiger partial charge in [-0.3, -0.25) is 14.4 Å². The molecule has 0 N–H and O–H groups in total. The normalized spacial score (nSPS) is 13.5. The fourth-order valence-corrected chi connectivity index (χ4v) is 7.23. The van der Waals surface area contributed by atoms with E-state index in [2.05, 4.69) is 203 Å². The molecule has 0 spiro atoms. The number of esters is 3. The van der Waals surface area contributed by atoms with Crippen LogP contribution in [-0.4, -0.2) is 37.2 Å². The molecule has 0 aromatic rings. The van der Waals surface area contributed by atoms with Crippen LogP contribution < -0.4 is 0 Å². The maximum absolute atomic E-state index is 12.8. The highest BCUT2D eigenvalue weighted by Crippen LogP contribution is 2.12. The van der Waals surface area contributed by atoms with Crippen molar-refractivity contribution in [2.75, 3.05) is 13.2 Å². The maximum atomic E-state index is 12.8. The van der Waals surface area contributed by atoms with Crippen LogP contribution in [0.5, 0.6) is 0 Å². The number of carbonyl (C=O) groups excluding carboxylic acids is 3. The Kier molecular flexibility index (Phi) is 57.6. The highest BCUT2D eigenvalue weighted by Gasteiger charge is 2.19. The van der Waals surface area contributed by atoms with Gasteiger partial charge in [0.05, 0.1) is 0 Å². The first-order valence-corrected chi connectivity index (χ1v) is 29.8. The van der Waals surface area contributed by atoms with Gasteiger partial charge in [-0.25, -0.2) is 0 Å². The predicted molar refractivity (Wildman–Crippen MR) is 329 cm³/mol. The quantitative estimate of drug-likeness (QED) is 0.0261. The van der Waals surface area contributed by atoms with E-state index in [1.165, 1.54) is 12.8 Å². The van der Waals surface area contributed by atoms with Gasteiger partial charge in [-0.05, 0) is 154 Å². The number of unbranched alkanes of at least 4 members (excludes halogenated alkanes) is 10. The third kappa shape index (κ3) is 59.4. The van der Waals surface area contributed by atoms with Crippen LogP contribution in [0.15, 0.2) is 182 Å². The third-order valence-corrected chi connectivity index (χ3v) is 11.6. The predicted octanol–water partition coefficient (Wildman–Crippen LogP) is 20.5. The van der Waals surface area contributed by atoms with Crippen molar-refractivity contribution >= 4 is 17.9 Å². The highest BCUT2D eigenvalue weighted by molar-refractivity contribution is 5.71. The molecule has 6 nitrogen and oxygen atoms in total. The Bertz CT molecular complexity index is 1820. The lowest BCUT2D eigenvalue weighted by atomic mass is 10.1. The van der Waals surface area contributed by atoms with Crippen LogP contribution in [0.3, 0.4) is 0 Å². The molecule has 0 aliphatic rings. The number of allylic oxidation sites excluding steroid dienone is 30. The summed E-state index contributed by atoms with van der Waals surface area (Å²) in [6.45, 7) is 6.24. The van der Waals surface area contributed by atoms with Crippen LogP contribution in [0.4, 0.5) is 0 Å². The Balaban J connectivity index is 4.39. The summed E-state index contributed by atoms with van der Waals surface area (Å²) >= 11 is 0. The summed E-state index contributed by atoms with van der Waals surface area (Å²) < 4.78 is 16.7. The summed E-state index contributed by atoms with van der Waals surface area (Å²) in [4.78, 5) is 38.0. The van der Waals surface area contributed by atoms with Crippen molar-refractivity contribution in [3.05, 3.63) is 182 Å². The molecule has 0 aromatic carbocycles. The second-order valence-corrected chi connectivity index (χ2v) is 18.8. The Hall–Kier alpha value is -5.49. The molecular formula is C70H106O6. The zero-order valence-corrected chi connectivity index (χ0v) is 48.2. The molecule has 1 unspecified atom stereocenters. The summed E-state index contributed by atoms with van der Waals surface area (Å²) in [5, 5.41) is 0. The zero-order valence-electron chi connectivity index (χ0n) is 48.2. The molecule has 0 aliphatic heterocycles. The van der Waals surface area contributed by atoms with Crippen LogP contribution in [0.25, 0.3) is 0 Å². The Morgan fingerprint density at radius 3 is 0.842 bits per heavy atom. The molecule has 0 radical (unpaired) electrons. The minimum absolute atomic E-state index is 0.122. The van der Waals surface area contributed by atoms with E-state index in [9.17, 15) is 14.4 Å². The van der Waals surface area contributed by atoms with Gasteiger partial charge in [0, 0.05) is 19.3 Å². The van der Waals surface area contributed by atoms with Gasteiger partial charge in [-0.2, -0.15) is 0 Å². The molecule has 6 heteroatoms.